The van der Waals surface area contributed by atoms with Gasteiger partial charge in [0.25, 0.3) is 0 Å². The summed E-state index contributed by atoms with van der Waals surface area (Å²) in [5.74, 6) is -1.10. The minimum atomic E-state index is -0.555. The summed E-state index contributed by atoms with van der Waals surface area (Å²) in [6.07, 6.45) is 6.68. The van der Waals surface area contributed by atoms with Crippen LogP contribution in [0.4, 0.5) is 10.1 Å². The first-order valence-corrected chi connectivity index (χ1v) is 11.0. The Morgan fingerprint density at radius 2 is 2.22 bits per heavy atom. The number of anilines is 1. The van der Waals surface area contributed by atoms with Gasteiger partial charge in [0.1, 0.15) is 5.82 Å². The molecule has 1 heterocycles. The van der Waals surface area contributed by atoms with E-state index in [2.05, 4.69) is 12.3 Å². The van der Waals surface area contributed by atoms with Gasteiger partial charge in [0.15, 0.2) is 0 Å². The number of nitrogens with one attached hydrogen (secondary N) is 1. The molecule has 27 heavy (non-hydrogen) atoms. The highest BCUT2D eigenvalue weighted by Crippen LogP contribution is 2.31. The molecule has 0 radical (unpaired) electrons. The van der Waals surface area contributed by atoms with Crippen LogP contribution >= 0.6 is 35.8 Å². The first-order valence-electron chi connectivity index (χ1n) is 9.05. The number of hydrazine groups is 1. The van der Waals surface area contributed by atoms with Gasteiger partial charge in [-0.15, -0.1) is 0 Å². The summed E-state index contributed by atoms with van der Waals surface area (Å²) in [5, 5.41) is 2.29. The molecule has 5 nitrogen and oxygen atoms in total. The minimum Gasteiger partial charge on any atom is -0.462 e. The highest BCUT2D eigenvalue weighted by Gasteiger charge is 2.25. The number of benzene rings is 1. The first-order chi connectivity index (χ1) is 13.0. The van der Waals surface area contributed by atoms with Crippen molar-refractivity contribution in [1.29, 1.82) is 0 Å². The molecule has 1 aliphatic rings. The number of esters is 1. The zero-order chi connectivity index (χ0) is 19.8. The van der Waals surface area contributed by atoms with Gasteiger partial charge < -0.3 is 4.74 Å². The number of hydrogen-bond donors (Lipinski definition) is 1. The number of halogens is 2. The number of ether oxygens (including phenoxy) is 1. The van der Waals surface area contributed by atoms with E-state index in [0.29, 0.717) is 11.7 Å². The maximum absolute atomic E-state index is 14.6. The van der Waals surface area contributed by atoms with Crippen molar-refractivity contribution in [1.82, 2.24) is 10.4 Å². The monoisotopic (exact) mass is 433 g/mol. The highest BCUT2D eigenvalue weighted by molar-refractivity contribution is 8.01. The van der Waals surface area contributed by atoms with Crippen molar-refractivity contribution >= 4 is 52.5 Å². The van der Waals surface area contributed by atoms with Crippen LogP contribution in [0.25, 0.3) is 0 Å². The number of thiocarbonyl (C=S) groups is 1. The molecule has 1 aromatic carbocycles. The topological polar surface area (TPSA) is 44.8 Å². The molecule has 0 aromatic heterocycles. The van der Waals surface area contributed by atoms with Crippen molar-refractivity contribution in [2.75, 3.05) is 30.3 Å². The van der Waals surface area contributed by atoms with Gasteiger partial charge in [-0.1, -0.05) is 31.4 Å². The fraction of sp³-hybridized carbons (Fsp3) is 0.556. The van der Waals surface area contributed by atoms with Crippen LogP contribution in [0.2, 0.25) is 5.02 Å². The molecule has 1 aromatic rings. The number of carbonyl (C=O) groups excluding carboxylic acids is 1. The molecule has 9 heteroatoms. The van der Waals surface area contributed by atoms with Gasteiger partial charge >= 0.3 is 5.97 Å². The molecule has 0 saturated carbocycles. The first kappa shape index (κ1) is 22.2. The Hall–Kier alpha value is -1.09. The molecule has 0 bridgehead atoms. The van der Waals surface area contributed by atoms with Gasteiger partial charge in [-0.25, -0.2) is 14.6 Å². The van der Waals surface area contributed by atoms with E-state index in [0.717, 1.165) is 51.3 Å². The number of carbonyl (C=O) groups is 1. The van der Waals surface area contributed by atoms with E-state index >= 15 is 0 Å². The van der Waals surface area contributed by atoms with Crippen LogP contribution in [0.1, 0.15) is 49.4 Å². The van der Waals surface area contributed by atoms with Crippen molar-refractivity contribution in [2.24, 2.45) is 0 Å². The number of nitrogens with zero attached hydrogens (tertiary/aromatic N) is 2. The van der Waals surface area contributed by atoms with E-state index in [-0.39, 0.29) is 16.3 Å². The fourth-order valence-corrected chi connectivity index (χ4v) is 3.98. The van der Waals surface area contributed by atoms with Crippen LogP contribution in [-0.4, -0.2) is 42.0 Å². The molecule has 0 amide bonds. The minimum absolute atomic E-state index is 0.0276. The lowest BCUT2D eigenvalue weighted by Gasteiger charge is -2.35. The molecule has 1 saturated heterocycles. The maximum Gasteiger partial charge on any atom is 0.339 e. The third-order valence-corrected chi connectivity index (χ3v) is 5.72. The van der Waals surface area contributed by atoms with E-state index < -0.39 is 11.8 Å². The third-order valence-electron chi connectivity index (χ3n) is 4.15. The van der Waals surface area contributed by atoms with Gasteiger partial charge in [-0.3, -0.25) is 9.31 Å². The highest BCUT2D eigenvalue weighted by atomic mass is 35.5. The Morgan fingerprint density at radius 1 is 1.44 bits per heavy atom. The molecule has 1 N–H and O–H groups in total. The lowest BCUT2D eigenvalue weighted by Crippen LogP contribution is -2.51. The summed E-state index contributed by atoms with van der Waals surface area (Å²) in [6.45, 7) is 3.96. The largest absolute Gasteiger partial charge is 0.462 e. The standard InChI is InChI=1S/C18H25ClFN3O2S2/c1-3-4-7-10-25-17(24)13-11-16(15(20)12-14(13)19)23(27-2)18(26)22-9-6-5-8-21-22/h11-12,21H,3-10H2,1-2H3. The molecule has 2 rings (SSSR count). The Bertz CT molecular complexity index is 672. The van der Waals surface area contributed by atoms with Gasteiger partial charge in [-0.2, -0.15) is 0 Å². The number of hydrogen-bond acceptors (Lipinski definition) is 5. The second kappa shape index (κ2) is 11.0. The Balaban J connectivity index is 2.21. The number of unbranched alkanes of at least 4 members (excludes halogenated alkanes) is 2. The lowest BCUT2D eigenvalue weighted by atomic mass is 10.2. The molecule has 0 unspecified atom stereocenters. The van der Waals surface area contributed by atoms with E-state index in [9.17, 15) is 9.18 Å². The Morgan fingerprint density at radius 3 is 2.85 bits per heavy atom. The fourth-order valence-electron chi connectivity index (χ4n) is 2.68. The molecule has 1 fully saturated rings. The van der Waals surface area contributed by atoms with E-state index in [4.69, 9.17) is 28.6 Å². The van der Waals surface area contributed by atoms with Crippen LogP contribution in [-0.2, 0) is 4.74 Å². The van der Waals surface area contributed by atoms with E-state index in [1.165, 1.54) is 18.0 Å². The number of rotatable bonds is 7. The molecule has 0 atom stereocenters. The van der Waals surface area contributed by atoms with Crippen LogP contribution < -0.4 is 9.73 Å². The predicted octanol–water partition coefficient (Wildman–Crippen LogP) is 4.80. The summed E-state index contributed by atoms with van der Waals surface area (Å²) in [5.41, 5.74) is 3.53. The SMILES string of the molecule is CCCCCOC(=O)c1cc(N(SC)C(=S)N2CCCCN2)c(F)cc1Cl. The zero-order valence-electron chi connectivity index (χ0n) is 15.6. The lowest BCUT2D eigenvalue weighted by molar-refractivity contribution is 0.0498. The van der Waals surface area contributed by atoms with Crippen molar-refractivity contribution in [3.05, 3.63) is 28.5 Å². The molecule has 0 aliphatic carbocycles. The zero-order valence-corrected chi connectivity index (χ0v) is 18.0. The van der Waals surface area contributed by atoms with Crippen molar-refractivity contribution in [3.8, 4) is 0 Å². The Labute approximate surface area is 174 Å². The van der Waals surface area contributed by atoms with Gasteiger partial charge in [0.05, 0.1) is 22.9 Å². The van der Waals surface area contributed by atoms with Crippen LogP contribution in [0.3, 0.4) is 0 Å². The second-order valence-electron chi connectivity index (χ2n) is 6.15. The predicted molar refractivity (Wildman–Crippen MR) is 114 cm³/mol. The van der Waals surface area contributed by atoms with Crippen molar-refractivity contribution < 1.29 is 13.9 Å². The van der Waals surface area contributed by atoms with Crippen LogP contribution in [0.5, 0.6) is 0 Å². The summed E-state index contributed by atoms with van der Waals surface area (Å²) in [6, 6.07) is 2.54. The molecule has 1 aliphatic heterocycles. The maximum atomic E-state index is 14.6. The van der Waals surface area contributed by atoms with Crippen LogP contribution in [0.15, 0.2) is 12.1 Å². The summed E-state index contributed by atoms with van der Waals surface area (Å²) in [7, 11) is 0. The smallest absolute Gasteiger partial charge is 0.339 e. The quantitative estimate of drug-likeness (QED) is 0.287. The average Bonchev–Trinajstić information content (AvgIpc) is 2.67. The van der Waals surface area contributed by atoms with Crippen molar-refractivity contribution in [2.45, 2.75) is 39.0 Å². The summed E-state index contributed by atoms with van der Waals surface area (Å²) >= 11 is 12.9. The normalized spacial score (nSPS) is 14.1. The molecule has 0 spiro atoms. The van der Waals surface area contributed by atoms with Crippen molar-refractivity contribution in [3.63, 3.8) is 0 Å². The van der Waals surface area contributed by atoms with Gasteiger partial charge in [-0.05, 0) is 55.6 Å². The molecular weight excluding hydrogens is 409 g/mol. The molecule has 150 valence electrons. The van der Waals surface area contributed by atoms with E-state index in [1.54, 1.807) is 10.6 Å². The van der Waals surface area contributed by atoms with Crippen LogP contribution in [0, 0.1) is 5.82 Å². The average molecular weight is 434 g/mol. The second-order valence-corrected chi connectivity index (χ2v) is 7.66. The summed E-state index contributed by atoms with van der Waals surface area (Å²) < 4.78 is 21.5. The Kier molecular flexibility index (Phi) is 9.08. The van der Waals surface area contributed by atoms with E-state index in [1.807, 2.05) is 5.01 Å². The van der Waals surface area contributed by atoms with Gasteiger partial charge in [0.2, 0.25) is 5.11 Å². The third kappa shape index (κ3) is 5.94. The molecular formula is C18H25ClFN3O2S2. The van der Waals surface area contributed by atoms with Gasteiger partial charge in [0, 0.05) is 19.3 Å². The summed E-state index contributed by atoms with van der Waals surface area (Å²) in [4.78, 5) is 12.4.